The minimum atomic E-state index is -0.605. The quantitative estimate of drug-likeness (QED) is 0.0534. The molecule has 0 amide bonds. The molecule has 0 fully saturated rings. The molecule has 9 heteroatoms. The Morgan fingerprint density at radius 2 is 1.60 bits per heavy atom. The third-order valence-corrected chi connectivity index (χ3v) is 8.40. The smallest absolute Gasteiger partial charge is 0.318 e. The van der Waals surface area contributed by atoms with E-state index in [1.807, 2.05) is 30.3 Å². The van der Waals surface area contributed by atoms with Gasteiger partial charge in [-0.05, 0) is 71.5 Å². The number of nitro groups is 1. The number of oxime groups is 1. The summed E-state index contributed by atoms with van der Waals surface area (Å²) in [7, 11) is 0. The number of nitrogens with zero attached hydrogens (tertiary/aromatic N) is 2. The van der Waals surface area contributed by atoms with Gasteiger partial charge in [-0.25, -0.2) is 4.79 Å². The minimum absolute atomic E-state index is 0.0634. The predicted molar refractivity (Wildman–Crippen MR) is 159 cm³/mol. The topological polar surface area (TPSA) is 98.9 Å². The summed E-state index contributed by atoms with van der Waals surface area (Å²) in [6.07, 6.45) is 3.64. The van der Waals surface area contributed by atoms with Crippen LogP contribution in [0.2, 0.25) is 5.02 Å². The Morgan fingerprint density at radius 3 is 2.20 bits per heavy atom. The van der Waals surface area contributed by atoms with E-state index in [0.717, 1.165) is 52.8 Å². The van der Waals surface area contributed by atoms with Crippen molar-refractivity contribution in [2.45, 2.75) is 63.2 Å². The number of nitro benzene ring substituents is 1. The molecular weight excluding hydrogens is 548 g/mol. The van der Waals surface area contributed by atoms with Crippen molar-refractivity contribution in [3.63, 3.8) is 0 Å². The Morgan fingerprint density at radius 1 is 0.975 bits per heavy atom. The number of thioether (sulfide) groups is 1. The van der Waals surface area contributed by atoms with Crippen molar-refractivity contribution < 1.29 is 19.3 Å². The second-order valence-electron chi connectivity index (χ2n) is 9.83. The number of benzene rings is 3. The second kappa shape index (κ2) is 12.8. The van der Waals surface area contributed by atoms with Crippen LogP contribution >= 0.6 is 23.4 Å². The molecule has 0 radical (unpaired) electrons. The van der Waals surface area contributed by atoms with Gasteiger partial charge >= 0.3 is 5.97 Å². The van der Waals surface area contributed by atoms with Crippen molar-refractivity contribution in [1.82, 2.24) is 0 Å². The van der Waals surface area contributed by atoms with E-state index in [4.69, 9.17) is 16.4 Å². The van der Waals surface area contributed by atoms with Crippen LogP contribution in [-0.4, -0.2) is 28.1 Å². The zero-order valence-corrected chi connectivity index (χ0v) is 24.3. The zero-order chi connectivity index (χ0) is 28.9. The van der Waals surface area contributed by atoms with E-state index in [-0.39, 0.29) is 28.5 Å². The lowest BCUT2D eigenvalue weighted by molar-refractivity contribution is -0.384. The number of hydrogen-bond donors (Lipinski definition) is 0. The Kier molecular flexibility index (Phi) is 9.43. The van der Waals surface area contributed by atoms with Gasteiger partial charge in [0.1, 0.15) is 5.71 Å². The summed E-state index contributed by atoms with van der Waals surface area (Å²) in [4.78, 5) is 42.4. The van der Waals surface area contributed by atoms with Crippen LogP contribution in [0.25, 0.3) is 11.1 Å². The first-order chi connectivity index (χ1) is 19.2. The van der Waals surface area contributed by atoms with Gasteiger partial charge in [-0.3, -0.25) is 14.9 Å². The molecule has 1 aliphatic rings. The molecule has 0 aromatic heterocycles. The van der Waals surface area contributed by atoms with Gasteiger partial charge in [-0.15, -0.1) is 11.8 Å². The molecule has 7 nitrogen and oxygen atoms in total. The number of halogens is 1. The summed E-state index contributed by atoms with van der Waals surface area (Å²) in [5.41, 5.74) is 4.12. The molecule has 3 aromatic rings. The van der Waals surface area contributed by atoms with E-state index in [0.29, 0.717) is 16.3 Å². The molecule has 0 spiro atoms. The maximum absolute atomic E-state index is 13.7. The van der Waals surface area contributed by atoms with Gasteiger partial charge in [0.25, 0.3) is 5.69 Å². The Bertz CT molecular complexity index is 1460. The van der Waals surface area contributed by atoms with E-state index in [1.165, 1.54) is 13.0 Å². The molecular formula is C31H31ClN2O5S. The molecule has 0 bridgehead atoms. The third-order valence-electron chi connectivity index (χ3n) is 7.14. The highest BCUT2D eigenvalue weighted by Crippen LogP contribution is 2.54. The Labute approximate surface area is 243 Å². The van der Waals surface area contributed by atoms with Crippen molar-refractivity contribution in [2.75, 3.05) is 5.75 Å². The predicted octanol–water partition coefficient (Wildman–Crippen LogP) is 8.40. The first-order valence-corrected chi connectivity index (χ1v) is 14.7. The molecule has 40 heavy (non-hydrogen) atoms. The molecule has 0 aliphatic heterocycles. The molecule has 0 saturated carbocycles. The highest BCUT2D eigenvalue weighted by Gasteiger charge is 2.43. The van der Waals surface area contributed by atoms with Gasteiger partial charge in [-0.2, -0.15) is 0 Å². The molecule has 0 N–H and O–H groups in total. The average molecular weight is 579 g/mol. The summed E-state index contributed by atoms with van der Waals surface area (Å²) in [6, 6.07) is 18.1. The number of carbonyl (C=O) groups is 2. The first kappa shape index (κ1) is 29.5. The van der Waals surface area contributed by atoms with Gasteiger partial charge in [0, 0.05) is 52.1 Å². The molecule has 0 saturated heterocycles. The van der Waals surface area contributed by atoms with Crippen molar-refractivity contribution in [3.05, 3.63) is 92.5 Å². The number of fused-ring (bicyclic) bond motifs is 3. The van der Waals surface area contributed by atoms with Crippen molar-refractivity contribution in [1.29, 1.82) is 0 Å². The van der Waals surface area contributed by atoms with Crippen LogP contribution in [0.5, 0.6) is 0 Å². The highest BCUT2D eigenvalue weighted by atomic mass is 35.5. The Balaban J connectivity index is 1.70. The summed E-state index contributed by atoms with van der Waals surface area (Å²) < 4.78 is 0. The lowest BCUT2D eigenvalue weighted by Crippen LogP contribution is -2.26. The Hall–Kier alpha value is -3.49. The number of non-ortho nitro benzene ring substituents is 1. The largest absolute Gasteiger partial charge is 0.331 e. The van der Waals surface area contributed by atoms with E-state index in [1.54, 1.807) is 36.0 Å². The van der Waals surface area contributed by atoms with Crippen LogP contribution < -0.4 is 0 Å². The number of carbonyl (C=O) groups excluding carboxylic acids is 2. The summed E-state index contributed by atoms with van der Waals surface area (Å²) in [6.45, 7) is 5.44. The van der Waals surface area contributed by atoms with Crippen molar-refractivity contribution in [3.8, 4) is 11.1 Å². The number of hydrogen-bond acceptors (Lipinski definition) is 7. The normalized spacial score (nSPS) is 13.4. The molecule has 0 heterocycles. The first-order valence-electron chi connectivity index (χ1n) is 13.3. The SMILES string of the molecule is CCCC1(CCC)c2cc(C(=O)C(CCSc3ccc(Cl)cc3)=NOC(C)=O)ccc2-c2ccc([N+](=O)[O-])cc21. The monoisotopic (exact) mass is 578 g/mol. The number of ketones is 1. The fourth-order valence-corrected chi connectivity index (χ4v) is 6.52. The fourth-order valence-electron chi connectivity index (χ4n) is 5.54. The summed E-state index contributed by atoms with van der Waals surface area (Å²) in [5, 5.41) is 16.2. The highest BCUT2D eigenvalue weighted by molar-refractivity contribution is 7.99. The van der Waals surface area contributed by atoms with Crippen LogP contribution in [0, 0.1) is 10.1 Å². The molecule has 208 valence electrons. The van der Waals surface area contributed by atoms with Crippen LogP contribution in [0.15, 0.2) is 70.7 Å². The molecule has 1 aliphatic carbocycles. The zero-order valence-electron chi connectivity index (χ0n) is 22.7. The van der Waals surface area contributed by atoms with Gasteiger partial charge in [0.2, 0.25) is 5.78 Å². The second-order valence-corrected chi connectivity index (χ2v) is 11.4. The maximum Gasteiger partial charge on any atom is 0.331 e. The van der Waals surface area contributed by atoms with Gasteiger partial charge in [-0.1, -0.05) is 55.6 Å². The maximum atomic E-state index is 13.7. The molecule has 3 aromatic carbocycles. The fraction of sp³-hybridized carbons (Fsp3) is 0.323. The molecule has 4 rings (SSSR count). The number of Topliss-reactive ketones (excluding diaryl/α,β-unsaturated/α-hetero) is 1. The third kappa shape index (κ3) is 6.13. The lowest BCUT2D eigenvalue weighted by Gasteiger charge is -2.32. The average Bonchev–Trinajstić information content (AvgIpc) is 3.20. The van der Waals surface area contributed by atoms with Crippen LogP contribution in [0.3, 0.4) is 0 Å². The van der Waals surface area contributed by atoms with Gasteiger partial charge in [0.05, 0.1) is 4.92 Å². The summed E-state index contributed by atoms with van der Waals surface area (Å²) in [5.74, 6) is -0.375. The number of rotatable bonds is 12. The van der Waals surface area contributed by atoms with Gasteiger partial charge < -0.3 is 4.84 Å². The van der Waals surface area contributed by atoms with E-state index in [9.17, 15) is 19.7 Å². The lowest BCUT2D eigenvalue weighted by atomic mass is 9.71. The van der Waals surface area contributed by atoms with E-state index in [2.05, 4.69) is 19.0 Å². The summed E-state index contributed by atoms with van der Waals surface area (Å²) >= 11 is 7.52. The van der Waals surface area contributed by atoms with Crippen LogP contribution in [0.1, 0.15) is 74.4 Å². The van der Waals surface area contributed by atoms with Crippen LogP contribution in [0.4, 0.5) is 5.69 Å². The standard InChI is InChI=1S/C31H31ClN2O5S/c1-4-15-31(16-5-2)27-18-21(6-12-25(27)26-13-9-23(34(37)38)19-28(26)31)30(36)29(33-39-20(3)35)14-17-40-24-10-7-22(32)8-11-24/h6-13,18-19H,4-5,14-17H2,1-3H3. The molecule has 0 unspecified atom stereocenters. The molecule has 0 atom stereocenters. The van der Waals surface area contributed by atoms with E-state index >= 15 is 0 Å². The van der Waals surface area contributed by atoms with Gasteiger partial charge in [0.15, 0.2) is 0 Å². The minimum Gasteiger partial charge on any atom is -0.318 e. The van der Waals surface area contributed by atoms with E-state index < -0.39 is 11.4 Å². The van der Waals surface area contributed by atoms with Crippen molar-refractivity contribution in [2.24, 2.45) is 5.16 Å². The van der Waals surface area contributed by atoms with Crippen LogP contribution in [-0.2, 0) is 15.0 Å². The van der Waals surface area contributed by atoms with Crippen molar-refractivity contribution >= 4 is 46.5 Å².